The molecule has 0 amide bonds. The molecule has 0 spiro atoms. The molecule has 0 unspecified atom stereocenters. The summed E-state index contributed by atoms with van der Waals surface area (Å²) >= 11 is 0. The molecular formula is C7H10O5S. The van der Waals surface area contributed by atoms with Crippen LogP contribution in [0.4, 0.5) is 0 Å². The smallest absolute Gasteiger partial charge is 0.333 e. The van der Waals surface area contributed by atoms with Gasteiger partial charge in [-0.25, -0.2) is 4.79 Å². The SMILES string of the molecule is C=C(C)C(=O)OCC=CS(=O)(=O)O. The molecule has 6 heteroatoms. The second-order valence-electron chi connectivity index (χ2n) is 2.27. The highest BCUT2D eigenvalue weighted by Crippen LogP contribution is 1.92. The number of esters is 1. The zero-order chi connectivity index (χ0) is 10.5. The lowest BCUT2D eigenvalue weighted by atomic mass is 10.4. The highest BCUT2D eigenvalue weighted by Gasteiger charge is 2.00. The van der Waals surface area contributed by atoms with Crippen LogP contribution in [0.2, 0.25) is 0 Å². The molecule has 0 rings (SSSR count). The summed E-state index contributed by atoms with van der Waals surface area (Å²) < 4.78 is 33.0. The van der Waals surface area contributed by atoms with Crippen molar-refractivity contribution in [3.63, 3.8) is 0 Å². The number of hydrogen-bond donors (Lipinski definition) is 1. The molecule has 0 aromatic rings. The summed E-state index contributed by atoms with van der Waals surface area (Å²) in [6.45, 7) is 4.57. The van der Waals surface area contributed by atoms with Crippen molar-refractivity contribution in [3.8, 4) is 0 Å². The molecule has 0 fully saturated rings. The molecule has 0 radical (unpaired) electrons. The summed E-state index contributed by atoms with van der Waals surface area (Å²) in [5.74, 6) is -0.611. The molecule has 0 aromatic heterocycles. The molecule has 0 aliphatic carbocycles. The van der Waals surface area contributed by atoms with E-state index in [0.717, 1.165) is 6.08 Å². The van der Waals surface area contributed by atoms with Gasteiger partial charge in [0.25, 0.3) is 10.1 Å². The Morgan fingerprint density at radius 2 is 2.15 bits per heavy atom. The van der Waals surface area contributed by atoms with Crippen molar-refractivity contribution < 1.29 is 22.5 Å². The van der Waals surface area contributed by atoms with Crippen LogP contribution in [-0.2, 0) is 19.6 Å². The zero-order valence-electron chi connectivity index (χ0n) is 7.06. The second-order valence-corrected chi connectivity index (χ2v) is 3.57. The minimum atomic E-state index is -4.14. The molecule has 0 bridgehead atoms. The topological polar surface area (TPSA) is 80.7 Å². The fourth-order valence-electron chi connectivity index (χ4n) is 0.408. The maximum Gasteiger partial charge on any atom is 0.333 e. The van der Waals surface area contributed by atoms with Crippen molar-refractivity contribution in [2.45, 2.75) is 6.92 Å². The van der Waals surface area contributed by atoms with E-state index in [9.17, 15) is 13.2 Å². The highest BCUT2D eigenvalue weighted by molar-refractivity contribution is 7.88. The Morgan fingerprint density at radius 1 is 1.62 bits per heavy atom. The van der Waals surface area contributed by atoms with Crippen molar-refractivity contribution in [1.29, 1.82) is 0 Å². The van der Waals surface area contributed by atoms with Gasteiger partial charge in [-0.3, -0.25) is 4.55 Å². The van der Waals surface area contributed by atoms with E-state index in [4.69, 9.17) is 4.55 Å². The average molecular weight is 206 g/mol. The van der Waals surface area contributed by atoms with E-state index in [-0.39, 0.29) is 12.2 Å². The van der Waals surface area contributed by atoms with Crippen LogP contribution in [0, 0.1) is 0 Å². The van der Waals surface area contributed by atoms with E-state index >= 15 is 0 Å². The number of hydrogen-bond acceptors (Lipinski definition) is 4. The van der Waals surface area contributed by atoms with Crippen LogP contribution in [-0.4, -0.2) is 25.5 Å². The third-order valence-electron chi connectivity index (χ3n) is 0.927. The van der Waals surface area contributed by atoms with Gasteiger partial charge in [0.05, 0.1) is 5.41 Å². The first-order chi connectivity index (χ1) is 5.83. The molecule has 5 nitrogen and oxygen atoms in total. The van der Waals surface area contributed by atoms with Gasteiger partial charge < -0.3 is 4.74 Å². The van der Waals surface area contributed by atoms with Gasteiger partial charge in [0, 0.05) is 5.57 Å². The molecule has 0 aliphatic heterocycles. The van der Waals surface area contributed by atoms with E-state index < -0.39 is 16.1 Å². The van der Waals surface area contributed by atoms with Gasteiger partial charge in [-0.15, -0.1) is 0 Å². The van der Waals surface area contributed by atoms with E-state index in [0.29, 0.717) is 5.41 Å². The first kappa shape index (κ1) is 11.9. The van der Waals surface area contributed by atoms with Gasteiger partial charge in [-0.1, -0.05) is 6.58 Å². The van der Waals surface area contributed by atoms with Gasteiger partial charge in [-0.05, 0) is 13.0 Å². The molecule has 74 valence electrons. The number of carbonyl (C=O) groups is 1. The first-order valence-electron chi connectivity index (χ1n) is 3.29. The van der Waals surface area contributed by atoms with Crippen LogP contribution >= 0.6 is 0 Å². The van der Waals surface area contributed by atoms with Gasteiger partial charge in [0.15, 0.2) is 0 Å². The van der Waals surface area contributed by atoms with Crippen LogP contribution in [0.5, 0.6) is 0 Å². The minimum absolute atomic E-state index is 0.217. The quantitative estimate of drug-likeness (QED) is 0.411. The third-order valence-corrected chi connectivity index (χ3v) is 1.46. The maximum atomic E-state index is 10.7. The van der Waals surface area contributed by atoms with E-state index in [2.05, 4.69) is 11.3 Å². The van der Waals surface area contributed by atoms with Gasteiger partial charge in [-0.2, -0.15) is 8.42 Å². The van der Waals surface area contributed by atoms with Crippen LogP contribution < -0.4 is 0 Å². The molecule has 0 aliphatic rings. The standard InChI is InChI=1S/C7H10O5S/c1-6(2)7(8)12-4-3-5-13(9,10)11/h3,5H,1,4H2,2H3,(H,9,10,11). The zero-order valence-corrected chi connectivity index (χ0v) is 7.87. The Balaban J connectivity index is 3.89. The summed E-state index contributed by atoms with van der Waals surface area (Å²) in [6.07, 6.45) is 1.01. The molecule has 0 atom stereocenters. The normalized spacial score (nSPS) is 11.5. The lowest BCUT2D eigenvalue weighted by molar-refractivity contribution is -0.137. The van der Waals surface area contributed by atoms with Crippen molar-refractivity contribution in [2.75, 3.05) is 6.61 Å². The van der Waals surface area contributed by atoms with Crippen molar-refractivity contribution in [1.82, 2.24) is 0 Å². The third kappa shape index (κ3) is 7.23. The molecule has 0 aromatic carbocycles. The molecule has 13 heavy (non-hydrogen) atoms. The summed E-state index contributed by atoms with van der Waals surface area (Å²) in [4.78, 5) is 10.7. The lowest BCUT2D eigenvalue weighted by Crippen LogP contribution is -2.04. The minimum Gasteiger partial charge on any atom is -0.458 e. The Labute approximate surface area is 76.5 Å². The largest absolute Gasteiger partial charge is 0.458 e. The van der Waals surface area contributed by atoms with E-state index in [1.807, 2.05) is 0 Å². The van der Waals surface area contributed by atoms with E-state index in [1.54, 1.807) is 0 Å². The van der Waals surface area contributed by atoms with Crippen LogP contribution in [0.15, 0.2) is 23.6 Å². The fourth-order valence-corrected chi connectivity index (χ4v) is 0.730. The Morgan fingerprint density at radius 3 is 2.54 bits per heavy atom. The summed E-state index contributed by atoms with van der Waals surface area (Å²) in [5.41, 5.74) is 0.222. The molecular weight excluding hydrogens is 196 g/mol. The average Bonchev–Trinajstić information content (AvgIpc) is 1.95. The van der Waals surface area contributed by atoms with Crippen LogP contribution in [0.3, 0.4) is 0 Å². The lowest BCUT2D eigenvalue weighted by Gasteiger charge is -1.98. The maximum absolute atomic E-state index is 10.7. The van der Waals surface area contributed by atoms with E-state index in [1.165, 1.54) is 6.92 Å². The summed E-state index contributed by atoms with van der Waals surface area (Å²) in [7, 11) is -4.14. The Kier molecular flexibility index (Phi) is 4.36. The van der Waals surface area contributed by atoms with Crippen molar-refractivity contribution >= 4 is 16.1 Å². The highest BCUT2D eigenvalue weighted by atomic mass is 32.2. The van der Waals surface area contributed by atoms with Crippen LogP contribution in [0.25, 0.3) is 0 Å². The first-order valence-corrected chi connectivity index (χ1v) is 4.80. The van der Waals surface area contributed by atoms with Gasteiger partial charge >= 0.3 is 5.97 Å². The second kappa shape index (κ2) is 4.78. The molecule has 1 N–H and O–H groups in total. The number of ether oxygens (including phenoxy) is 1. The van der Waals surface area contributed by atoms with Gasteiger partial charge in [0.2, 0.25) is 0 Å². The summed E-state index contributed by atoms with van der Waals surface area (Å²) in [6, 6.07) is 0. The Hall–Kier alpha value is -1.14. The predicted octanol–water partition coefficient (Wildman–Crippen LogP) is 0.507. The van der Waals surface area contributed by atoms with Gasteiger partial charge in [0.1, 0.15) is 6.61 Å². The van der Waals surface area contributed by atoms with Crippen LogP contribution in [0.1, 0.15) is 6.92 Å². The van der Waals surface area contributed by atoms with Crippen molar-refractivity contribution in [3.05, 3.63) is 23.6 Å². The predicted molar refractivity (Wildman–Crippen MR) is 46.5 cm³/mol. The molecule has 0 heterocycles. The monoisotopic (exact) mass is 206 g/mol. The number of carbonyl (C=O) groups excluding carboxylic acids is 1. The Bertz CT molecular complexity index is 325. The fraction of sp³-hybridized carbons (Fsp3) is 0.286. The van der Waals surface area contributed by atoms with Crippen molar-refractivity contribution in [2.24, 2.45) is 0 Å². The molecule has 0 saturated heterocycles. The number of rotatable bonds is 4. The summed E-state index contributed by atoms with van der Waals surface area (Å²) in [5, 5.41) is 0.540. The molecule has 0 saturated carbocycles.